The second kappa shape index (κ2) is 4.61. The first kappa shape index (κ1) is 11.5. The summed E-state index contributed by atoms with van der Waals surface area (Å²) in [5, 5.41) is 6.46. The number of hydrogen-bond donors (Lipinski definition) is 2. The molecule has 1 saturated heterocycles. The second-order valence-electron chi connectivity index (χ2n) is 5.18. The third-order valence-corrected chi connectivity index (χ3v) is 3.72. The molecule has 3 unspecified atom stereocenters. The maximum atomic E-state index is 11.2. The van der Waals surface area contributed by atoms with Crippen molar-refractivity contribution in [1.29, 1.82) is 0 Å². The fourth-order valence-corrected chi connectivity index (χ4v) is 2.72. The highest BCUT2D eigenvalue weighted by Gasteiger charge is 2.31. The molecule has 2 N–H and O–H groups in total. The summed E-state index contributed by atoms with van der Waals surface area (Å²) in [6, 6.07) is 8.64. The van der Waals surface area contributed by atoms with Gasteiger partial charge in [0.1, 0.15) is 5.75 Å². The molecule has 96 valence electrons. The molecule has 3 atom stereocenters. The zero-order chi connectivity index (χ0) is 12.5. The fourth-order valence-electron chi connectivity index (χ4n) is 2.72. The Balaban J connectivity index is 1.80. The predicted octanol–water partition coefficient (Wildman–Crippen LogP) is 1.23. The van der Waals surface area contributed by atoms with Gasteiger partial charge in [0.05, 0.1) is 6.61 Å². The molecule has 0 saturated carbocycles. The van der Waals surface area contributed by atoms with Gasteiger partial charge in [-0.2, -0.15) is 0 Å². The molecule has 2 aliphatic heterocycles. The monoisotopic (exact) mass is 246 g/mol. The average Bonchev–Trinajstić information content (AvgIpc) is 2.79. The van der Waals surface area contributed by atoms with Crippen LogP contribution >= 0.6 is 0 Å². The molecule has 0 bridgehead atoms. The Bertz CT molecular complexity index is 461. The van der Waals surface area contributed by atoms with Crippen LogP contribution in [-0.2, 0) is 4.79 Å². The highest BCUT2D eigenvalue weighted by molar-refractivity contribution is 5.78. The molecular weight excluding hydrogens is 228 g/mol. The van der Waals surface area contributed by atoms with Crippen LogP contribution in [-0.4, -0.2) is 25.1 Å². The van der Waals surface area contributed by atoms with Crippen molar-refractivity contribution in [3.05, 3.63) is 29.8 Å². The summed E-state index contributed by atoms with van der Waals surface area (Å²) >= 11 is 0. The minimum absolute atomic E-state index is 0.139. The first-order valence-corrected chi connectivity index (χ1v) is 6.48. The highest BCUT2D eigenvalue weighted by Crippen LogP contribution is 2.35. The summed E-state index contributed by atoms with van der Waals surface area (Å²) in [6.07, 6.45) is 0.576. The molecule has 0 aliphatic carbocycles. The molecule has 0 radical (unpaired) electrons. The number of carbonyl (C=O) groups is 1. The van der Waals surface area contributed by atoms with Crippen molar-refractivity contribution in [3.63, 3.8) is 0 Å². The zero-order valence-corrected chi connectivity index (χ0v) is 10.5. The van der Waals surface area contributed by atoms with Crippen LogP contribution < -0.4 is 15.4 Å². The van der Waals surface area contributed by atoms with Crippen LogP contribution in [0.3, 0.4) is 0 Å². The van der Waals surface area contributed by atoms with E-state index in [0.717, 1.165) is 18.9 Å². The Morgan fingerprint density at radius 1 is 1.39 bits per heavy atom. The number of carbonyl (C=O) groups excluding carboxylic acids is 1. The molecule has 0 aromatic heterocycles. The largest absolute Gasteiger partial charge is 0.493 e. The van der Waals surface area contributed by atoms with E-state index in [1.807, 2.05) is 18.2 Å². The van der Waals surface area contributed by atoms with Crippen molar-refractivity contribution in [2.24, 2.45) is 5.92 Å². The average molecular weight is 246 g/mol. The third kappa shape index (κ3) is 2.08. The maximum Gasteiger partial charge on any atom is 0.221 e. The number of fused-ring (bicyclic) bond motifs is 1. The molecule has 1 fully saturated rings. The highest BCUT2D eigenvalue weighted by atomic mass is 16.5. The molecule has 18 heavy (non-hydrogen) atoms. The van der Waals surface area contributed by atoms with E-state index in [2.05, 4.69) is 23.6 Å². The number of amides is 1. The van der Waals surface area contributed by atoms with Crippen LogP contribution in [0.5, 0.6) is 5.75 Å². The van der Waals surface area contributed by atoms with Crippen molar-refractivity contribution in [3.8, 4) is 5.75 Å². The van der Waals surface area contributed by atoms with Gasteiger partial charge in [0, 0.05) is 36.5 Å². The van der Waals surface area contributed by atoms with Gasteiger partial charge in [-0.3, -0.25) is 4.79 Å². The molecule has 1 aromatic carbocycles. The van der Waals surface area contributed by atoms with E-state index in [0.29, 0.717) is 12.3 Å². The van der Waals surface area contributed by atoms with Crippen LogP contribution in [0.25, 0.3) is 0 Å². The van der Waals surface area contributed by atoms with Crippen LogP contribution in [0.2, 0.25) is 0 Å². The zero-order valence-electron chi connectivity index (χ0n) is 10.5. The van der Waals surface area contributed by atoms with Crippen LogP contribution in [0, 0.1) is 5.92 Å². The lowest BCUT2D eigenvalue weighted by Crippen LogP contribution is -2.40. The van der Waals surface area contributed by atoms with E-state index in [1.54, 1.807) is 0 Å². The second-order valence-corrected chi connectivity index (χ2v) is 5.18. The van der Waals surface area contributed by atoms with E-state index in [9.17, 15) is 4.79 Å². The van der Waals surface area contributed by atoms with E-state index >= 15 is 0 Å². The third-order valence-electron chi connectivity index (χ3n) is 3.72. The number of para-hydroxylation sites is 1. The number of nitrogens with one attached hydrogen (secondary N) is 2. The summed E-state index contributed by atoms with van der Waals surface area (Å²) in [7, 11) is 0. The molecule has 4 heteroatoms. The van der Waals surface area contributed by atoms with E-state index in [4.69, 9.17) is 4.74 Å². The summed E-state index contributed by atoms with van der Waals surface area (Å²) in [5.41, 5.74) is 1.20. The van der Waals surface area contributed by atoms with Gasteiger partial charge in [-0.15, -0.1) is 0 Å². The SMILES string of the molecule is CC1COc2ccccc2C1NC1CNC(=O)C1. The van der Waals surface area contributed by atoms with Crippen LogP contribution in [0.15, 0.2) is 24.3 Å². The lowest BCUT2D eigenvalue weighted by Gasteiger charge is -2.33. The molecule has 2 aliphatic rings. The Kier molecular flexibility index (Phi) is 2.96. The Morgan fingerprint density at radius 2 is 2.22 bits per heavy atom. The topological polar surface area (TPSA) is 50.4 Å². The van der Waals surface area contributed by atoms with Gasteiger partial charge in [0.15, 0.2) is 0 Å². The molecule has 1 amide bonds. The minimum Gasteiger partial charge on any atom is -0.493 e. The van der Waals surface area contributed by atoms with Crippen LogP contribution in [0.1, 0.15) is 24.9 Å². The van der Waals surface area contributed by atoms with Crippen molar-refractivity contribution < 1.29 is 9.53 Å². The van der Waals surface area contributed by atoms with Crippen molar-refractivity contribution in [2.45, 2.75) is 25.4 Å². The minimum atomic E-state index is 0.139. The Morgan fingerprint density at radius 3 is 3.00 bits per heavy atom. The number of benzene rings is 1. The molecule has 4 nitrogen and oxygen atoms in total. The first-order valence-electron chi connectivity index (χ1n) is 6.48. The molecule has 0 spiro atoms. The standard InChI is InChI=1S/C14H18N2O2/c1-9-8-18-12-5-3-2-4-11(12)14(9)16-10-6-13(17)15-7-10/h2-5,9-10,14,16H,6-8H2,1H3,(H,15,17). The van der Waals surface area contributed by atoms with Crippen LogP contribution in [0.4, 0.5) is 0 Å². The number of ether oxygens (including phenoxy) is 1. The van der Waals surface area contributed by atoms with Gasteiger partial charge < -0.3 is 15.4 Å². The summed E-state index contributed by atoms with van der Waals surface area (Å²) in [4.78, 5) is 11.2. The van der Waals surface area contributed by atoms with E-state index < -0.39 is 0 Å². The van der Waals surface area contributed by atoms with Crippen molar-refractivity contribution in [1.82, 2.24) is 10.6 Å². The van der Waals surface area contributed by atoms with E-state index in [1.165, 1.54) is 5.56 Å². The summed E-state index contributed by atoms with van der Waals surface area (Å²) in [5.74, 6) is 1.52. The molecule has 3 rings (SSSR count). The quantitative estimate of drug-likeness (QED) is 0.825. The Hall–Kier alpha value is -1.55. The summed E-state index contributed by atoms with van der Waals surface area (Å²) < 4.78 is 5.73. The molecular formula is C14H18N2O2. The number of hydrogen-bond acceptors (Lipinski definition) is 3. The number of rotatable bonds is 2. The fraction of sp³-hybridized carbons (Fsp3) is 0.500. The van der Waals surface area contributed by atoms with Gasteiger partial charge in [-0.1, -0.05) is 25.1 Å². The van der Waals surface area contributed by atoms with Gasteiger partial charge in [0.2, 0.25) is 5.91 Å². The molecule has 2 heterocycles. The van der Waals surface area contributed by atoms with E-state index in [-0.39, 0.29) is 18.0 Å². The first-order chi connectivity index (χ1) is 8.74. The molecule has 1 aromatic rings. The lowest BCUT2D eigenvalue weighted by atomic mass is 9.91. The lowest BCUT2D eigenvalue weighted by molar-refractivity contribution is -0.119. The smallest absolute Gasteiger partial charge is 0.221 e. The van der Waals surface area contributed by atoms with Gasteiger partial charge in [-0.05, 0) is 6.07 Å². The van der Waals surface area contributed by atoms with Crippen molar-refractivity contribution >= 4 is 5.91 Å². The van der Waals surface area contributed by atoms with Gasteiger partial charge in [-0.25, -0.2) is 0 Å². The van der Waals surface area contributed by atoms with Gasteiger partial charge >= 0.3 is 0 Å². The maximum absolute atomic E-state index is 11.2. The normalized spacial score (nSPS) is 30.5. The predicted molar refractivity (Wildman–Crippen MR) is 68.4 cm³/mol. The Labute approximate surface area is 107 Å². The van der Waals surface area contributed by atoms with Gasteiger partial charge in [0.25, 0.3) is 0 Å². The summed E-state index contributed by atoms with van der Waals surface area (Å²) in [6.45, 7) is 3.63. The van der Waals surface area contributed by atoms with Crippen molar-refractivity contribution in [2.75, 3.05) is 13.2 Å².